The largest absolute Gasteiger partial charge is 0.385 e. The minimum Gasteiger partial charge on any atom is -0.385 e. The van der Waals surface area contributed by atoms with Crippen molar-refractivity contribution in [2.45, 2.75) is 12.8 Å². The van der Waals surface area contributed by atoms with Crippen molar-refractivity contribution in [1.82, 2.24) is 10.6 Å². The zero-order valence-corrected chi connectivity index (χ0v) is 8.29. The van der Waals surface area contributed by atoms with Gasteiger partial charge in [-0.1, -0.05) is 0 Å². The molecule has 0 amide bonds. The van der Waals surface area contributed by atoms with Gasteiger partial charge in [-0.15, -0.1) is 0 Å². The zero-order chi connectivity index (χ0) is 10.1. The second kappa shape index (κ2) is 8.12. The van der Waals surface area contributed by atoms with Crippen LogP contribution in [0.15, 0.2) is 0 Å². The van der Waals surface area contributed by atoms with Gasteiger partial charge in [-0.2, -0.15) is 0 Å². The lowest BCUT2D eigenvalue weighted by molar-refractivity contribution is 0.152. The molecule has 0 aromatic rings. The number of alkyl halides is 2. The standard InChI is InChI=1S/C7H14F2N2OS/c1-12-4-2-3-10-7(13)11-5-6(8)9/h6H,2-5H2,1H3,(H2,10,11,13). The summed E-state index contributed by atoms with van der Waals surface area (Å²) in [5, 5.41) is 5.43. The highest BCUT2D eigenvalue weighted by atomic mass is 32.1. The van der Waals surface area contributed by atoms with Gasteiger partial charge < -0.3 is 15.4 Å². The van der Waals surface area contributed by atoms with Gasteiger partial charge >= 0.3 is 0 Å². The first kappa shape index (κ1) is 12.5. The second-order valence-corrected chi connectivity index (χ2v) is 2.78. The highest BCUT2D eigenvalue weighted by Gasteiger charge is 2.02. The van der Waals surface area contributed by atoms with Gasteiger partial charge in [0.15, 0.2) is 5.11 Å². The van der Waals surface area contributed by atoms with Crippen molar-refractivity contribution >= 4 is 17.3 Å². The van der Waals surface area contributed by atoms with E-state index in [1.807, 2.05) is 0 Å². The van der Waals surface area contributed by atoms with Crippen molar-refractivity contribution in [3.8, 4) is 0 Å². The molecule has 3 nitrogen and oxygen atoms in total. The Morgan fingerprint density at radius 2 is 2.15 bits per heavy atom. The summed E-state index contributed by atoms with van der Waals surface area (Å²) in [4.78, 5) is 0. The first-order chi connectivity index (χ1) is 6.16. The van der Waals surface area contributed by atoms with Crippen LogP contribution in [-0.2, 0) is 4.74 Å². The lowest BCUT2D eigenvalue weighted by Gasteiger charge is -2.09. The van der Waals surface area contributed by atoms with E-state index in [9.17, 15) is 8.78 Å². The van der Waals surface area contributed by atoms with Crippen LogP contribution in [-0.4, -0.2) is 38.3 Å². The van der Waals surface area contributed by atoms with E-state index in [1.165, 1.54) is 0 Å². The van der Waals surface area contributed by atoms with E-state index in [4.69, 9.17) is 17.0 Å². The van der Waals surface area contributed by atoms with Crippen LogP contribution >= 0.6 is 12.2 Å². The van der Waals surface area contributed by atoms with E-state index in [-0.39, 0.29) is 5.11 Å². The predicted octanol–water partition coefficient (Wildman–Crippen LogP) is 0.752. The van der Waals surface area contributed by atoms with Gasteiger partial charge in [0.25, 0.3) is 6.43 Å². The van der Waals surface area contributed by atoms with Gasteiger partial charge in [0.2, 0.25) is 0 Å². The summed E-state index contributed by atoms with van der Waals surface area (Å²) >= 11 is 4.73. The normalized spacial score (nSPS) is 10.2. The summed E-state index contributed by atoms with van der Waals surface area (Å²) in [7, 11) is 1.60. The van der Waals surface area contributed by atoms with Crippen LogP contribution in [0.2, 0.25) is 0 Å². The number of hydrogen-bond donors (Lipinski definition) is 2. The fraction of sp³-hybridized carbons (Fsp3) is 0.857. The van der Waals surface area contributed by atoms with Crippen molar-refractivity contribution in [3.05, 3.63) is 0 Å². The van der Waals surface area contributed by atoms with E-state index in [0.717, 1.165) is 6.42 Å². The van der Waals surface area contributed by atoms with Crippen molar-refractivity contribution in [3.63, 3.8) is 0 Å². The van der Waals surface area contributed by atoms with Gasteiger partial charge in [0, 0.05) is 20.3 Å². The molecule has 0 aliphatic rings. The smallest absolute Gasteiger partial charge is 0.255 e. The molecule has 13 heavy (non-hydrogen) atoms. The maximum Gasteiger partial charge on any atom is 0.255 e. The molecule has 0 aliphatic carbocycles. The quantitative estimate of drug-likeness (QED) is 0.503. The summed E-state index contributed by atoms with van der Waals surface area (Å²) in [6, 6.07) is 0. The molecule has 0 aromatic heterocycles. The van der Waals surface area contributed by atoms with Crippen molar-refractivity contribution < 1.29 is 13.5 Å². The van der Waals surface area contributed by atoms with Crippen LogP contribution in [0.3, 0.4) is 0 Å². The summed E-state index contributed by atoms with van der Waals surface area (Å²) in [5.41, 5.74) is 0. The Balaban J connectivity index is 3.20. The van der Waals surface area contributed by atoms with Crippen LogP contribution < -0.4 is 10.6 Å². The molecule has 0 unspecified atom stereocenters. The van der Waals surface area contributed by atoms with Crippen LogP contribution in [0.5, 0.6) is 0 Å². The third-order valence-electron chi connectivity index (χ3n) is 1.23. The Morgan fingerprint density at radius 1 is 1.46 bits per heavy atom. The highest BCUT2D eigenvalue weighted by molar-refractivity contribution is 7.80. The van der Waals surface area contributed by atoms with E-state index in [0.29, 0.717) is 13.2 Å². The molecule has 0 aromatic carbocycles. The molecule has 6 heteroatoms. The number of methoxy groups -OCH3 is 1. The van der Waals surface area contributed by atoms with Gasteiger partial charge in [-0.05, 0) is 18.6 Å². The van der Waals surface area contributed by atoms with Crippen LogP contribution in [0.4, 0.5) is 8.78 Å². The molecular formula is C7H14F2N2OS. The average Bonchev–Trinajstić information content (AvgIpc) is 2.09. The van der Waals surface area contributed by atoms with E-state index in [1.54, 1.807) is 7.11 Å². The zero-order valence-electron chi connectivity index (χ0n) is 7.48. The molecule has 0 spiro atoms. The number of hydrogen-bond acceptors (Lipinski definition) is 2. The monoisotopic (exact) mass is 212 g/mol. The predicted molar refractivity (Wildman–Crippen MR) is 51.1 cm³/mol. The molecule has 0 aliphatic heterocycles. The first-order valence-electron chi connectivity index (χ1n) is 3.95. The Morgan fingerprint density at radius 3 is 2.69 bits per heavy atom. The Labute approximate surface area is 81.8 Å². The summed E-state index contributed by atoms with van der Waals surface area (Å²) in [5.74, 6) is 0. The van der Waals surface area contributed by atoms with E-state index < -0.39 is 13.0 Å². The maximum absolute atomic E-state index is 11.7. The lowest BCUT2D eigenvalue weighted by Crippen LogP contribution is -2.38. The van der Waals surface area contributed by atoms with Crippen LogP contribution in [0.1, 0.15) is 6.42 Å². The van der Waals surface area contributed by atoms with E-state index >= 15 is 0 Å². The Kier molecular flexibility index (Phi) is 7.82. The molecule has 78 valence electrons. The van der Waals surface area contributed by atoms with Crippen molar-refractivity contribution in [2.75, 3.05) is 26.8 Å². The molecule has 0 fully saturated rings. The SMILES string of the molecule is COCCCNC(=S)NCC(F)F. The van der Waals surface area contributed by atoms with Crippen LogP contribution in [0, 0.1) is 0 Å². The number of ether oxygens (including phenoxy) is 1. The third kappa shape index (κ3) is 9.42. The highest BCUT2D eigenvalue weighted by Crippen LogP contribution is 1.87. The molecule has 0 bridgehead atoms. The molecule has 2 N–H and O–H groups in total. The first-order valence-corrected chi connectivity index (χ1v) is 4.36. The van der Waals surface area contributed by atoms with Gasteiger partial charge in [0.1, 0.15) is 0 Å². The minimum absolute atomic E-state index is 0.261. The fourth-order valence-electron chi connectivity index (χ4n) is 0.651. The molecule has 0 rings (SSSR count). The van der Waals surface area contributed by atoms with Crippen LogP contribution in [0.25, 0.3) is 0 Å². The average molecular weight is 212 g/mol. The number of thiocarbonyl (C=S) groups is 1. The number of halogens is 2. The molecule has 0 saturated carbocycles. The summed E-state index contributed by atoms with van der Waals surface area (Å²) < 4.78 is 28.1. The van der Waals surface area contributed by atoms with Crippen molar-refractivity contribution in [1.29, 1.82) is 0 Å². The molecule has 0 saturated heterocycles. The van der Waals surface area contributed by atoms with E-state index in [2.05, 4.69) is 10.6 Å². The second-order valence-electron chi connectivity index (χ2n) is 2.37. The molecule has 0 heterocycles. The fourth-order valence-corrected chi connectivity index (χ4v) is 0.836. The summed E-state index contributed by atoms with van der Waals surface area (Å²) in [6.45, 7) is 0.851. The Bertz CT molecular complexity index is 146. The molecule has 0 atom stereocenters. The topological polar surface area (TPSA) is 33.3 Å². The summed E-state index contributed by atoms with van der Waals surface area (Å²) in [6.07, 6.45) is -1.58. The maximum atomic E-state index is 11.7. The van der Waals surface area contributed by atoms with Crippen molar-refractivity contribution in [2.24, 2.45) is 0 Å². The van der Waals surface area contributed by atoms with Gasteiger partial charge in [-0.25, -0.2) is 8.78 Å². The molecular weight excluding hydrogens is 198 g/mol. The lowest BCUT2D eigenvalue weighted by atomic mass is 10.4. The minimum atomic E-state index is -2.38. The number of nitrogens with one attached hydrogen (secondary N) is 2. The third-order valence-corrected chi connectivity index (χ3v) is 1.52. The molecule has 0 radical (unpaired) electrons. The van der Waals surface area contributed by atoms with Gasteiger partial charge in [0.05, 0.1) is 6.54 Å². The van der Waals surface area contributed by atoms with Gasteiger partial charge in [-0.3, -0.25) is 0 Å². The Hall–Kier alpha value is -0.490. The number of rotatable bonds is 6.